The third-order valence-electron chi connectivity index (χ3n) is 6.42. The van der Waals surface area contributed by atoms with Gasteiger partial charge in [0.25, 0.3) is 5.91 Å². The number of aromatic nitrogens is 1. The van der Waals surface area contributed by atoms with Crippen LogP contribution in [0.4, 0.5) is 8.78 Å². The third-order valence-corrected chi connectivity index (χ3v) is 7.54. The van der Waals surface area contributed by atoms with Crippen LogP contribution in [0, 0.1) is 11.6 Å². The van der Waals surface area contributed by atoms with Gasteiger partial charge in [0, 0.05) is 41.1 Å². The van der Waals surface area contributed by atoms with Crippen molar-refractivity contribution in [3.8, 4) is 0 Å². The Balaban J connectivity index is 1.65. The number of carbonyl (C=O) groups is 1. The van der Waals surface area contributed by atoms with E-state index in [2.05, 4.69) is 0 Å². The lowest BCUT2D eigenvalue weighted by molar-refractivity contribution is -0.0194. The van der Waals surface area contributed by atoms with Crippen LogP contribution in [-0.4, -0.2) is 41.4 Å². The van der Waals surface area contributed by atoms with E-state index in [4.69, 9.17) is 4.74 Å². The Morgan fingerprint density at radius 3 is 2.76 bits per heavy atom. The van der Waals surface area contributed by atoms with E-state index in [9.17, 15) is 14.0 Å². The molecule has 3 aromatic rings. The van der Waals surface area contributed by atoms with Gasteiger partial charge in [0.15, 0.2) is 17.1 Å². The van der Waals surface area contributed by atoms with Crippen LogP contribution in [0.2, 0.25) is 0 Å². The molecule has 168 valence electrons. The SMILES string of the molecule is O=C1c2cc(=O)ccn2N([C@@H]2c3ccccc3SCc3c2ccc(F)c3F)[C@@H]2COCCN12. The Labute approximate surface area is 192 Å². The summed E-state index contributed by atoms with van der Waals surface area (Å²) < 4.78 is 36.7. The summed E-state index contributed by atoms with van der Waals surface area (Å²) in [6.45, 7) is 1.01. The molecule has 6 rings (SSSR count). The second-order valence-corrected chi connectivity index (χ2v) is 9.20. The first kappa shape index (κ1) is 20.4. The van der Waals surface area contributed by atoms with Gasteiger partial charge in [-0.05, 0) is 23.3 Å². The molecule has 1 saturated heterocycles. The van der Waals surface area contributed by atoms with Gasteiger partial charge in [-0.2, -0.15) is 0 Å². The fourth-order valence-corrected chi connectivity index (χ4v) is 6.03. The Bertz CT molecular complexity index is 1340. The van der Waals surface area contributed by atoms with Crippen molar-refractivity contribution in [1.29, 1.82) is 0 Å². The van der Waals surface area contributed by atoms with Crippen LogP contribution in [-0.2, 0) is 10.5 Å². The molecule has 0 aliphatic carbocycles. The number of pyridine rings is 1. The van der Waals surface area contributed by atoms with Crippen LogP contribution < -0.4 is 10.4 Å². The van der Waals surface area contributed by atoms with Gasteiger partial charge >= 0.3 is 0 Å². The first-order valence-corrected chi connectivity index (χ1v) is 11.6. The summed E-state index contributed by atoms with van der Waals surface area (Å²) in [7, 11) is 0. The molecule has 0 unspecified atom stereocenters. The Morgan fingerprint density at radius 2 is 1.88 bits per heavy atom. The van der Waals surface area contributed by atoms with E-state index in [1.54, 1.807) is 21.8 Å². The van der Waals surface area contributed by atoms with Crippen molar-refractivity contribution in [3.63, 3.8) is 0 Å². The van der Waals surface area contributed by atoms with Crippen molar-refractivity contribution in [2.24, 2.45) is 0 Å². The zero-order valence-electron chi connectivity index (χ0n) is 17.4. The number of nitrogens with zero attached hydrogens (tertiary/aromatic N) is 3. The minimum atomic E-state index is -0.889. The predicted octanol–water partition coefficient (Wildman–Crippen LogP) is 3.27. The van der Waals surface area contributed by atoms with Gasteiger partial charge < -0.3 is 9.64 Å². The molecular formula is C24H19F2N3O3S. The van der Waals surface area contributed by atoms with Gasteiger partial charge in [-0.3, -0.25) is 19.3 Å². The van der Waals surface area contributed by atoms with Gasteiger partial charge in [0.1, 0.15) is 11.9 Å². The molecule has 6 nitrogen and oxygen atoms in total. The maximum absolute atomic E-state index is 15.0. The topological polar surface area (TPSA) is 54.8 Å². The number of morpholine rings is 1. The molecule has 0 bridgehead atoms. The van der Waals surface area contributed by atoms with E-state index >= 15 is 4.39 Å². The molecule has 0 N–H and O–H groups in total. The molecule has 0 saturated carbocycles. The number of amides is 1. The Hall–Kier alpha value is -3.17. The first-order valence-electron chi connectivity index (χ1n) is 10.6. The molecular weight excluding hydrogens is 448 g/mol. The summed E-state index contributed by atoms with van der Waals surface area (Å²) in [5.41, 5.74) is 1.79. The van der Waals surface area contributed by atoms with E-state index in [0.717, 1.165) is 16.5 Å². The molecule has 9 heteroatoms. The minimum absolute atomic E-state index is 0.235. The molecule has 1 fully saturated rings. The average Bonchev–Trinajstić information content (AvgIpc) is 3.00. The zero-order valence-corrected chi connectivity index (χ0v) is 18.2. The Morgan fingerprint density at radius 1 is 1.03 bits per heavy atom. The second-order valence-electron chi connectivity index (χ2n) is 8.18. The maximum atomic E-state index is 15.0. The van der Waals surface area contributed by atoms with Crippen LogP contribution in [0.15, 0.2) is 64.4 Å². The van der Waals surface area contributed by atoms with Crippen LogP contribution in [0.3, 0.4) is 0 Å². The molecule has 3 aliphatic rings. The highest BCUT2D eigenvalue weighted by atomic mass is 32.2. The van der Waals surface area contributed by atoms with Crippen LogP contribution in [0.25, 0.3) is 0 Å². The highest BCUT2D eigenvalue weighted by molar-refractivity contribution is 7.98. The normalized spacial score (nSPS) is 21.6. The largest absolute Gasteiger partial charge is 0.375 e. The summed E-state index contributed by atoms with van der Waals surface area (Å²) in [6.07, 6.45) is 1.09. The van der Waals surface area contributed by atoms with Gasteiger partial charge in [-0.1, -0.05) is 24.3 Å². The number of hydrogen-bond donors (Lipinski definition) is 0. The molecule has 3 aliphatic heterocycles. The number of carbonyl (C=O) groups excluding carboxylic acids is 1. The number of fused-ring (bicyclic) bond motifs is 4. The second kappa shape index (κ2) is 7.71. The number of ether oxygens (including phenoxy) is 1. The molecule has 0 spiro atoms. The summed E-state index contributed by atoms with van der Waals surface area (Å²) >= 11 is 1.45. The lowest BCUT2D eigenvalue weighted by atomic mass is 9.93. The average molecular weight is 467 g/mol. The van der Waals surface area contributed by atoms with Crippen molar-refractivity contribution in [2.45, 2.75) is 22.9 Å². The van der Waals surface area contributed by atoms with Crippen LogP contribution >= 0.6 is 11.8 Å². The van der Waals surface area contributed by atoms with Gasteiger partial charge in [-0.15, -0.1) is 11.8 Å². The minimum Gasteiger partial charge on any atom is -0.375 e. The lowest BCUT2D eigenvalue weighted by Gasteiger charge is -2.51. The number of halogens is 2. The highest BCUT2D eigenvalue weighted by Crippen LogP contribution is 2.44. The summed E-state index contributed by atoms with van der Waals surface area (Å²) in [6, 6.07) is 12.7. The van der Waals surface area contributed by atoms with E-state index in [1.807, 2.05) is 29.3 Å². The summed E-state index contributed by atoms with van der Waals surface area (Å²) in [5, 5.41) is 1.95. The molecule has 2 atom stereocenters. The van der Waals surface area contributed by atoms with E-state index in [0.29, 0.717) is 24.3 Å². The molecule has 33 heavy (non-hydrogen) atoms. The van der Waals surface area contributed by atoms with Crippen molar-refractivity contribution in [3.05, 3.63) is 99.0 Å². The third kappa shape index (κ3) is 3.10. The predicted molar refractivity (Wildman–Crippen MR) is 119 cm³/mol. The smallest absolute Gasteiger partial charge is 0.274 e. The summed E-state index contributed by atoms with van der Waals surface area (Å²) in [4.78, 5) is 28.0. The molecule has 1 aromatic heterocycles. The standard InChI is InChI=1S/C24H19F2N3O3S/c25-18-6-5-15-17(22(18)26)13-33-20-4-2-1-3-16(20)23(15)29-21-12-32-10-9-27(21)24(31)19-11-14(30)7-8-28(19)29/h1-8,11,21,23H,9-10,12-13H2/t21-,23+/m1/s1. The lowest BCUT2D eigenvalue weighted by Crippen LogP contribution is -2.66. The van der Waals surface area contributed by atoms with E-state index in [-0.39, 0.29) is 29.4 Å². The molecule has 0 radical (unpaired) electrons. The highest BCUT2D eigenvalue weighted by Gasteiger charge is 2.44. The van der Waals surface area contributed by atoms with Gasteiger partial charge in [-0.25, -0.2) is 8.78 Å². The monoisotopic (exact) mass is 467 g/mol. The maximum Gasteiger partial charge on any atom is 0.274 e. The van der Waals surface area contributed by atoms with Crippen molar-refractivity contribution >= 4 is 17.7 Å². The number of benzene rings is 2. The summed E-state index contributed by atoms with van der Waals surface area (Å²) in [5.74, 6) is -1.72. The molecule has 2 aromatic carbocycles. The van der Waals surface area contributed by atoms with Crippen molar-refractivity contribution in [1.82, 2.24) is 9.58 Å². The van der Waals surface area contributed by atoms with Crippen LogP contribution in [0.5, 0.6) is 0 Å². The van der Waals surface area contributed by atoms with E-state index < -0.39 is 23.8 Å². The first-order chi connectivity index (χ1) is 16.0. The molecule has 1 amide bonds. The fraction of sp³-hybridized carbons (Fsp3) is 0.250. The number of hydrogen-bond acceptors (Lipinski definition) is 5. The molecule has 4 heterocycles. The quantitative estimate of drug-likeness (QED) is 0.550. The fourth-order valence-electron chi connectivity index (χ4n) is 4.92. The number of thioether (sulfide) groups is 1. The van der Waals surface area contributed by atoms with Crippen LogP contribution in [0.1, 0.15) is 33.2 Å². The van der Waals surface area contributed by atoms with Gasteiger partial charge in [0.2, 0.25) is 0 Å². The van der Waals surface area contributed by atoms with Crippen molar-refractivity contribution in [2.75, 3.05) is 24.8 Å². The zero-order chi connectivity index (χ0) is 22.7. The van der Waals surface area contributed by atoms with E-state index in [1.165, 1.54) is 23.9 Å². The van der Waals surface area contributed by atoms with Crippen molar-refractivity contribution < 1.29 is 18.3 Å². The van der Waals surface area contributed by atoms with Gasteiger partial charge in [0.05, 0.1) is 19.3 Å². The Kier molecular flexibility index (Phi) is 4.77. The number of rotatable bonds is 1.